The van der Waals surface area contributed by atoms with Gasteiger partial charge in [0.05, 0.1) is 15.1 Å². The Labute approximate surface area is 91.1 Å². The normalized spacial score (nSPS) is 12.3. The van der Waals surface area contributed by atoms with Crippen LogP contribution in [-0.2, 0) is 6.18 Å². The van der Waals surface area contributed by atoms with Crippen LogP contribution >= 0.6 is 22.9 Å². The second-order valence-corrected chi connectivity index (χ2v) is 4.01. The van der Waals surface area contributed by atoms with Gasteiger partial charge in [-0.1, -0.05) is 11.6 Å². The highest BCUT2D eigenvalue weighted by Gasteiger charge is 2.37. The maximum Gasteiger partial charge on any atom is 0.420 e. The van der Waals surface area contributed by atoms with Crippen LogP contribution in [-0.4, -0.2) is 0 Å². The van der Waals surface area contributed by atoms with Gasteiger partial charge in [0.1, 0.15) is 11.4 Å². The standard InChI is InChI=1S/C9H2ClF4S/c10-5-3-15-8-4(5)1-2-6(11)7(8)9(12,13)14/h1-2H. The van der Waals surface area contributed by atoms with Gasteiger partial charge in [-0.3, -0.25) is 0 Å². The molecule has 0 nitrogen and oxygen atoms in total. The summed E-state index contributed by atoms with van der Waals surface area (Å²) in [5, 5.41) is 2.72. The van der Waals surface area contributed by atoms with Crippen LogP contribution in [0.3, 0.4) is 0 Å². The van der Waals surface area contributed by atoms with Crippen LogP contribution in [0.2, 0.25) is 5.02 Å². The zero-order valence-electron chi connectivity index (χ0n) is 6.95. The molecule has 0 bridgehead atoms. The number of rotatable bonds is 0. The highest BCUT2D eigenvalue weighted by Crippen LogP contribution is 2.41. The van der Waals surface area contributed by atoms with Gasteiger partial charge >= 0.3 is 6.18 Å². The first kappa shape index (κ1) is 10.7. The summed E-state index contributed by atoms with van der Waals surface area (Å²) in [6.07, 6.45) is -4.72. The van der Waals surface area contributed by atoms with Gasteiger partial charge in [0.15, 0.2) is 0 Å². The number of alkyl halides is 3. The molecule has 0 aliphatic heterocycles. The zero-order chi connectivity index (χ0) is 11.2. The van der Waals surface area contributed by atoms with Crippen LogP contribution in [0.15, 0.2) is 12.1 Å². The van der Waals surface area contributed by atoms with E-state index < -0.39 is 17.6 Å². The molecule has 0 N–H and O–H groups in total. The number of hydrogen-bond donors (Lipinski definition) is 0. The van der Waals surface area contributed by atoms with Crippen molar-refractivity contribution in [1.82, 2.24) is 0 Å². The molecular formula is C9H2ClF4S. The lowest BCUT2D eigenvalue weighted by atomic mass is 10.1. The van der Waals surface area contributed by atoms with Crippen LogP contribution in [0.4, 0.5) is 17.6 Å². The predicted octanol–water partition coefficient (Wildman–Crippen LogP) is 4.51. The molecule has 0 fully saturated rings. The minimum Gasteiger partial charge on any atom is -0.206 e. The molecule has 0 aliphatic carbocycles. The molecule has 0 aliphatic rings. The largest absolute Gasteiger partial charge is 0.420 e. The van der Waals surface area contributed by atoms with E-state index >= 15 is 0 Å². The lowest BCUT2D eigenvalue weighted by Crippen LogP contribution is -2.07. The summed E-state index contributed by atoms with van der Waals surface area (Å²) in [4.78, 5) is 0. The van der Waals surface area contributed by atoms with Gasteiger partial charge < -0.3 is 0 Å². The van der Waals surface area contributed by atoms with Crippen molar-refractivity contribution in [2.45, 2.75) is 6.18 Å². The van der Waals surface area contributed by atoms with Gasteiger partial charge in [0, 0.05) is 5.39 Å². The molecule has 15 heavy (non-hydrogen) atoms. The third-order valence-electron chi connectivity index (χ3n) is 1.87. The van der Waals surface area contributed by atoms with Gasteiger partial charge in [-0.05, 0) is 12.1 Å². The van der Waals surface area contributed by atoms with Gasteiger partial charge in [-0.2, -0.15) is 13.2 Å². The molecular weight excluding hydrogens is 252 g/mol. The van der Waals surface area contributed by atoms with Crippen LogP contribution in [0.5, 0.6) is 0 Å². The molecule has 2 aromatic rings. The van der Waals surface area contributed by atoms with Crippen LogP contribution in [0.25, 0.3) is 10.1 Å². The van der Waals surface area contributed by atoms with Crippen molar-refractivity contribution in [2.75, 3.05) is 0 Å². The summed E-state index contributed by atoms with van der Waals surface area (Å²) >= 11 is 6.28. The van der Waals surface area contributed by atoms with Crippen LogP contribution < -0.4 is 0 Å². The van der Waals surface area contributed by atoms with Crippen molar-refractivity contribution in [1.29, 1.82) is 0 Å². The first-order valence-corrected chi connectivity index (χ1v) is 4.96. The molecule has 0 atom stereocenters. The van der Waals surface area contributed by atoms with E-state index in [1.807, 2.05) is 0 Å². The van der Waals surface area contributed by atoms with Gasteiger partial charge in [0.2, 0.25) is 0 Å². The predicted molar refractivity (Wildman–Crippen MR) is 50.6 cm³/mol. The molecule has 6 heteroatoms. The third kappa shape index (κ3) is 1.70. The molecule has 0 spiro atoms. The molecule has 1 aromatic heterocycles. The molecule has 0 unspecified atom stereocenters. The minimum atomic E-state index is -4.72. The van der Waals surface area contributed by atoms with E-state index in [1.54, 1.807) is 0 Å². The van der Waals surface area contributed by atoms with Crippen molar-refractivity contribution in [2.24, 2.45) is 0 Å². The number of thiophene rings is 1. The highest BCUT2D eigenvalue weighted by molar-refractivity contribution is 7.17. The monoisotopic (exact) mass is 253 g/mol. The highest BCUT2D eigenvalue weighted by atomic mass is 35.5. The number of fused-ring (bicyclic) bond motifs is 1. The molecule has 0 saturated heterocycles. The Morgan fingerprint density at radius 2 is 1.93 bits per heavy atom. The maximum atomic E-state index is 13.1. The summed E-state index contributed by atoms with van der Waals surface area (Å²) < 4.78 is 50.3. The van der Waals surface area contributed by atoms with Crippen molar-refractivity contribution < 1.29 is 17.6 Å². The fourth-order valence-electron chi connectivity index (χ4n) is 1.25. The molecule has 0 saturated carbocycles. The van der Waals surface area contributed by atoms with Crippen molar-refractivity contribution in [3.8, 4) is 0 Å². The Bertz CT molecular complexity index is 515. The summed E-state index contributed by atoms with van der Waals surface area (Å²) in [6.45, 7) is 0. The average Bonchev–Trinajstić information content (AvgIpc) is 2.45. The smallest absolute Gasteiger partial charge is 0.206 e. The molecule has 2 rings (SSSR count). The summed E-state index contributed by atoms with van der Waals surface area (Å²) in [6, 6.07) is 1.98. The lowest BCUT2D eigenvalue weighted by molar-refractivity contribution is -0.138. The number of halogens is 5. The lowest BCUT2D eigenvalue weighted by Gasteiger charge is -2.08. The van der Waals surface area contributed by atoms with E-state index in [0.717, 1.165) is 6.07 Å². The molecule has 1 aromatic carbocycles. The van der Waals surface area contributed by atoms with Crippen molar-refractivity contribution in [3.05, 3.63) is 33.9 Å². The van der Waals surface area contributed by atoms with Gasteiger partial charge in [-0.25, -0.2) is 4.39 Å². The summed E-state index contributed by atoms with van der Waals surface area (Å²) in [7, 11) is 0. The Morgan fingerprint density at radius 3 is 2.53 bits per heavy atom. The first-order valence-electron chi connectivity index (χ1n) is 3.76. The number of benzene rings is 1. The van der Waals surface area contributed by atoms with Crippen LogP contribution in [0.1, 0.15) is 5.56 Å². The fraction of sp³-hybridized carbons (Fsp3) is 0.111. The maximum absolute atomic E-state index is 13.1. The van der Waals surface area contributed by atoms with E-state index in [2.05, 4.69) is 5.38 Å². The second-order valence-electron chi connectivity index (χ2n) is 2.81. The fourth-order valence-corrected chi connectivity index (χ4v) is 2.48. The zero-order valence-corrected chi connectivity index (χ0v) is 8.53. The summed E-state index contributed by atoms with van der Waals surface area (Å²) in [5.41, 5.74) is -1.27. The Balaban J connectivity index is 2.87. The SMILES string of the molecule is Fc1ccc2c(Cl)[c]sc2c1C(F)(F)F. The van der Waals surface area contributed by atoms with E-state index in [4.69, 9.17) is 11.6 Å². The minimum absolute atomic E-state index is 0.0838. The average molecular weight is 254 g/mol. The van der Waals surface area contributed by atoms with E-state index in [0.29, 0.717) is 11.3 Å². The molecule has 0 amide bonds. The van der Waals surface area contributed by atoms with E-state index in [1.165, 1.54) is 6.07 Å². The Kier molecular flexibility index (Phi) is 2.39. The van der Waals surface area contributed by atoms with Gasteiger partial charge in [0.25, 0.3) is 0 Å². The molecule has 79 valence electrons. The third-order valence-corrected chi connectivity index (χ3v) is 3.21. The van der Waals surface area contributed by atoms with Gasteiger partial charge in [-0.15, -0.1) is 11.3 Å². The van der Waals surface area contributed by atoms with E-state index in [-0.39, 0.29) is 15.1 Å². The van der Waals surface area contributed by atoms with Crippen molar-refractivity contribution >= 4 is 33.0 Å². The summed E-state index contributed by atoms with van der Waals surface area (Å²) in [5.74, 6) is -1.29. The van der Waals surface area contributed by atoms with Crippen LogP contribution in [0, 0.1) is 11.2 Å². The Hall–Kier alpha value is -0.810. The van der Waals surface area contributed by atoms with E-state index in [9.17, 15) is 17.6 Å². The molecule has 1 heterocycles. The number of hydrogen-bond acceptors (Lipinski definition) is 1. The Morgan fingerprint density at radius 1 is 1.27 bits per heavy atom. The van der Waals surface area contributed by atoms with Crippen molar-refractivity contribution in [3.63, 3.8) is 0 Å². The molecule has 1 radical (unpaired) electrons. The second kappa shape index (κ2) is 3.35. The first-order chi connectivity index (χ1) is 6.91. The quantitative estimate of drug-likeness (QED) is 0.606. The topological polar surface area (TPSA) is 0 Å².